The van der Waals surface area contributed by atoms with Crippen molar-refractivity contribution in [1.82, 2.24) is 15.5 Å². The summed E-state index contributed by atoms with van der Waals surface area (Å²) in [5, 5.41) is 5.91. The highest BCUT2D eigenvalue weighted by molar-refractivity contribution is 5.78. The van der Waals surface area contributed by atoms with Crippen LogP contribution in [0.3, 0.4) is 0 Å². The molecule has 1 saturated heterocycles. The molecule has 1 fully saturated rings. The normalized spacial score (nSPS) is 18.0. The molecule has 4 heteroatoms. The number of amides is 1. The fourth-order valence-corrected chi connectivity index (χ4v) is 1.92. The summed E-state index contributed by atoms with van der Waals surface area (Å²) in [7, 11) is 0. The highest BCUT2D eigenvalue weighted by Crippen LogP contribution is 2.09. The van der Waals surface area contributed by atoms with Crippen LogP contribution < -0.4 is 10.6 Å². The van der Waals surface area contributed by atoms with E-state index in [1.165, 1.54) is 0 Å². The summed E-state index contributed by atoms with van der Waals surface area (Å²) in [6, 6.07) is 0.336. The molecule has 1 heterocycles. The van der Waals surface area contributed by atoms with E-state index in [-0.39, 0.29) is 5.91 Å². The number of nitrogens with one attached hydrogen (secondary N) is 2. The topological polar surface area (TPSA) is 44.4 Å². The molecule has 0 unspecified atom stereocenters. The van der Waals surface area contributed by atoms with Crippen LogP contribution in [-0.2, 0) is 4.79 Å². The number of rotatable bonds is 5. The van der Waals surface area contributed by atoms with Crippen LogP contribution in [0.25, 0.3) is 0 Å². The minimum atomic E-state index is 0.0465. The van der Waals surface area contributed by atoms with E-state index in [0.717, 1.165) is 32.5 Å². The van der Waals surface area contributed by atoms with Crippen molar-refractivity contribution in [2.24, 2.45) is 0 Å². The first kappa shape index (κ1) is 13.0. The second-order valence-electron chi connectivity index (χ2n) is 4.08. The molecule has 0 aromatic rings. The van der Waals surface area contributed by atoms with Crippen LogP contribution >= 0.6 is 0 Å². The molecule has 0 aromatic heterocycles. The zero-order chi connectivity index (χ0) is 11.8. The Balaban J connectivity index is 2.13. The van der Waals surface area contributed by atoms with Crippen molar-refractivity contribution >= 4 is 5.91 Å². The minimum absolute atomic E-state index is 0.0465. The van der Waals surface area contributed by atoms with Crippen molar-refractivity contribution in [2.75, 3.05) is 32.7 Å². The van der Waals surface area contributed by atoms with Crippen LogP contribution in [0.15, 0.2) is 0 Å². The highest BCUT2D eigenvalue weighted by atomic mass is 16.1. The number of piperidine rings is 1. The number of hydrogen-bond donors (Lipinski definition) is 2. The molecular formula is C12H21N3O. The Bertz CT molecular complexity index is 251. The van der Waals surface area contributed by atoms with E-state index in [0.29, 0.717) is 19.1 Å². The third kappa shape index (κ3) is 4.65. The van der Waals surface area contributed by atoms with Crippen LogP contribution in [0.5, 0.6) is 0 Å². The number of hydrogen-bond acceptors (Lipinski definition) is 3. The summed E-state index contributed by atoms with van der Waals surface area (Å²) < 4.78 is 0. The van der Waals surface area contributed by atoms with Gasteiger partial charge >= 0.3 is 0 Å². The van der Waals surface area contributed by atoms with Gasteiger partial charge in [0.25, 0.3) is 0 Å². The van der Waals surface area contributed by atoms with E-state index in [2.05, 4.69) is 28.4 Å². The Hall–Kier alpha value is -1.05. The molecule has 1 amide bonds. The van der Waals surface area contributed by atoms with Crippen molar-refractivity contribution in [3.8, 4) is 12.3 Å². The van der Waals surface area contributed by atoms with Gasteiger partial charge in [-0.05, 0) is 19.4 Å². The van der Waals surface area contributed by atoms with E-state index in [9.17, 15) is 4.79 Å². The Kier molecular flexibility index (Phi) is 5.91. The fourth-order valence-electron chi connectivity index (χ4n) is 1.92. The van der Waals surface area contributed by atoms with Gasteiger partial charge in [0, 0.05) is 19.1 Å². The van der Waals surface area contributed by atoms with Crippen LogP contribution in [-0.4, -0.2) is 49.6 Å². The summed E-state index contributed by atoms with van der Waals surface area (Å²) in [5.41, 5.74) is 0. The summed E-state index contributed by atoms with van der Waals surface area (Å²) in [5.74, 6) is 2.49. The minimum Gasteiger partial charge on any atom is -0.352 e. The summed E-state index contributed by atoms with van der Waals surface area (Å²) >= 11 is 0. The molecule has 90 valence electrons. The first-order valence-electron chi connectivity index (χ1n) is 5.92. The average Bonchev–Trinajstić information content (AvgIpc) is 2.30. The van der Waals surface area contributed by atoms with Crippen LogP contribution in [0.2, 0.25) is 0 Å². The molecule has 0 saturated carbocycles. The van der Waals surface area contributed by atoms with Crippen molar-refractivity contribution in [3.05, 3.63) is 0 Å². The van der Waals surface area contributed by atoms with Gasteiger partial charge in [-0.15, -0.1) is 6.42 Å². The molecule has 1 aliphatic rings. The molecule has 0 aromatic carbocycles. The van der Waals surface area contributed by atoms with Crippen molar-refractivity contribution < 1.29 is 4.79 Å². The molecule has 1 rings (SSSR count). The second-order valence-corrected chi connectivity index (χ2v) is 4.08. The molecule has 16 heavy (non-hydrogen) atoms. The van der Waals surface area contributed by atoms with Gasteiger partial charge in [-0.25, -0.2) is 0 Å². The van der Waals surface area contributed by atoms with Gasteiger partial charge in [-0.1, -0.05) is 12.8 Å². The maximum Gasteiger partial charge on any atom is 0.234 e. The first-order chi connectivity index (χ1) is 7.76. The van der Waals surface area contributed by atoms with Crippen LogP contribution in [0.1, 0.15) is 19.8 Å². The maximum atomic E-state index is 11.5. The summed E-state index contributed by atoms with van der Waals surface area (Å²) in [6.07, 6.45) is 7.18. The molecule has 0 atom stereocenters. The standard InChI is InChI=1S/C12H21N3O/c1-3-7-13-10-12(16)14-11-5-8-15(4-2)9-6-11/h1,11,13H,4-10H2,2H3,(H,14,16). The maximum absolute atomic E-state index is 11.5. The molecule has 4 nitrogen and oxygen atoms in total. The molecule has 2 N–H and O–H groups in total. The predicted molar refractivity (Wildman–Crippen MR) is 65.0 cm³/mol. The summed E-state index contributed by atoms with van der Waals surface area (Å²) in [4.78, 5) is 13.9. The van der Waals surface area contributed by atoms with E-state index in [4.69, 9.17) is 6.42 Å². The Labute approximate surface area is 97.8 Å². The monoisotopic (exact) mass is 223 g/mol. The SMILES string of the molecule is C#CCNCC(=O)NC1CCN(CC)CC1. The van der Waals surface area contributed by atoms with Gasteiger partial charge in [-0.3, -0.25) is 10.1 Å². The van der Waals surface area contributed by atoms with Gasteiger partial charge in [0.05, 0.1) is 13.1 Å². The Morgan fingerprint density at radius 1 is 1.50 bits per heavy atom. The van der Waals surface area contributed by atoms with Crippen LogP contribution in [0.4, 0.5) is 0 Å². The lowest BCUT2D eigenvalue weighted by atomic mass is 10.1. The lowest BCUT2D eigenvalue weighted by Gasteiger charge is -2.31. The first-order valence-corrected chi connectivity index (χ1v) is 5.92. The number of terminal acetylenes is 1. The van der Waals surface area contributed by atoms with Gasteiger partial charge in [0.2, 0.25) is 5.91 Å². The number of carbonyl (C=O) groups excluding carboxylic acids is 1. The summed E-state index contributed by atoms with van der Waals surface area (Å²) in [6.45, 7) is 6.20. The molecule has 0 aliphatic carbocycles. The van der Waals surface area contributed by atoms with Gasteiger partial charge < -0.3 is 10.2 Å². The molecule has 0 bridgehead atoms. The van der Waals surface area contributed by atoms with E-state index in [1.54, 1.807) is 0 Å². The van der Waals surface area contributed by atoms with Gasteiger partial charge in [0.15, 0.2) is 0 Å². The van der Waals surface area contributed by atoms with Crippen molar-refractivity contribution in [1.29, 1.82) is 0 Å². The van der Waals surface area contributed by atoms with E-state index < -0.39 is 0 Å². The molecule has 0 radical (unpaired) electrons. The average molecular weight is 223 g/mol. The van der Waals surface area contributed by atoms with Gasteiger partial charge in [-0.2, -0.15) is 0 Å². The zero-order valence-electron chi connectivity index (χ0n) is 9.96. The fraction of sp³-hybridized carbons (Fsp3) is 0.750. The largest absolute Gasteiger partial charge is 0.352 e. The highest BCUT2D eigenvalue weighted by Gasteiger charge is 2.18. The number of nitrogens with zero attached hydrogens (tertiary/aromatic N) is 1. The molecule has 1 aliphatic heterocycles. The zero-order valence-corrected chi connectivity index (χ0v) is 9.96. The molecular weight excluding hydrogens is 202 g/mol. The third-order valence-corrected chi connectivity index (χ3v) is 2.91. The van der Waals surface area contributed by atoms with E-state index in [1.807, 2.05) is 0 Å². The third-order valence-electron chi connectivity index (χ3n) is 2.91. The molecule has 0 spiro atoms. The van der Waals surface area contributed by atoms with Crippen LogP contribution in [0, 0.1) is 12.3 Å². The predicted octanol–water partition coefficient (Wildman–Crippen LogP) is -0.190. The second kappa shape index (κ2) is 7.26. The smallest absolute Gasteiger partial charge is 0.234 e. The quantitative estimate of drug-likeness (QED) is 0.501. The lowest BCUT2D eigenvalue weighted by molar-refractivity contribution is -0.121. The Morgan fingerprint density at radius 2 is 2.19 bits per heavy atom. The number of carbonyl (C=O) groups is 1. The lowest BCUT2D eigenvalue weighted by Crippen LogP contribution is -2.46. The van der Waals surface area contributed by atoms with E-state index >= 15 is 0 Å². The van der Waals surface area contributed by atoms with Gasteiger partial charge in [0.1, 0.15) is 0 Å². The Morgan fingerprint density at radius 3 is 2.75 bits per heavy atom. The number of likely N-dealkylation sites (tertiary alicyclic amines) is 1. The van der Waals surface area contributed by atoms with Crippen molar-refractivity contribution in [2.45, 2.75) is 25.8 Å². The van der Waals surface area contributed by atoms with Crippen molar-refractivity contribution in [3.63, 3.8) is 0 Å².